The van der Waals surface area contributed by atoms with E-state index in [4.69, 9.17) is 8.94 Å². The van der Waals surface area contributed by atoms with Crippen LogP contribution in [0.1, 0.15) is 34.9 Å². The summed E-state index contributed by atoms with van der Waals surface area (Å²) in [6.45, 7) is 2.64. The number of hydrogen-bond donors (Lipinski definition) is 0. The molecular formula is C19H19N5O3. The van der Waals surface area contributed by atoms with Gasteiger partial charge in [-0.1, -0.05) is 5.16 Å². The number of anilines is 1. The number of piperazine rings is 1. The predicted molar refractivity (Wildman–Crippen MR) is 96.3 cm³/mol. The van der Waals surface area contributed by atoms with Crippen LogP contribution in [0.2, 0.25) is 0 Å². The second kappa shape index (κ2) is 6.53. The molecule has 0 atom stereocenters. The van der Waals surface area contributed by atoms with Crippen molar-refractivity contribution in [3.8, 4) is 11.5 Å². The fourth-order valence-corrected chi connectivity index (χ4v) is 3.31. The van der Waals surface area contributed by atoms with Gasteiger partial charge in [0.05, 0.1) is 12.0 Å². The summed E-state index contributed by atoms with van der Waals surface area (Å²) in [5, 5.41) is 12.6. The van der Waals surface area contributed by atoms with E-state index in [0.717, 1.165) is 11.5 Å². The van der Waals surface area contributed by atoms with Crippen LogP contribution in [0.4, 0.5) is 5.82 Å². The smallest absolute Gasteiger partial charge is 0.276 e. The molecule has 0 N–H and O–H groups in total. The molecule has 1 saturated heterocycles. The molecular weight excluding hydrogens is 346 g/mol. The van der Waals surface area contributed by atoms with Crippen LogP contribution in [0.15, 0.2) is 45.5 Å². The second-order valence-corrected chi connectivity index (χ2v) is 6.92. The quantitative estimate of drug-likeness (QED) is 0.702. The van der Waals surface area contributed by atoms with Crippen molar-refractivity contribution in [3.05, 3.63) is 48.0 Å². The third-order valence-electron chi connectivity index (χ3n) is 5.05. The Hall–Kier alpha value is -3.16. The fraction of sp³-hybridized carbons (Fsp3) is 0.368. The SMILES string of the molecule is O=C(c1cc(-c2ccco2)on1)N1CCN(c2ccc(C3CC3)nn2)CC1. The summed E-state index contributed by atoms with van der Waals surface area (Å²) in [5.41, 5.74) is 1.38. The minimum atomic E-state index is -0.133. The summed E-state index contributed by atoms with van der Waals surface area (Å²) in [6, 6.07) is 9.26. The molecule has 8 nitrogen and oxygen atoms in total. The Morgan fingerprint density at radius 2 is 1.89 bits per heavy atom. The molecule has 27 heavy (non-hydrogen) atoms. The van der Waals surface area contributed by atoms with Crippen molar-refractivity contribution in [2.45, 2.75) is 18.8 Å². The van der Waals surface area contributed by atoms with Gasteiger partial charge in [0.2, 0.25) is 5.76 Å². The molecule has 0 aromatic carbocycles. The summed E-state index contributed by atoms with van der Waals surface area (Å²) in [5.74, 6) is 2.35. The standard InChI is InChI=1S/C19H19N5O3/c25-19(15-12-17(27-22-15)16-2-1-11-26-16)24-9-7-23(8-10-24)18-6-5-14(20-21-18)13-3-4-13/h1-2,5-6,11-13H,3-4,7-10H2. The van der Waals surface area contributed by atoms with Crippen molar-refractivity contribution in [2.75, 3.05) is 31.1 Å². The molecule has 1 amide bonds. The minimum absolute atomic E-state index is 0.133. The first kappa shape index (κ1) is 16.0. The number of aromatic nitrogens is 3. The molecule has 4 heterocycles. The number of nitrogens with zero attached hydrogens (tertiary/aromatic N) is 5. The Labute approximate surface area is 155 Å². The summed E-state index contributed by atoms with van der Waals surface area (Å²) < 4.78 is 10.5. The van der Waals surface area contributed by atoms with Crippen molar-refractivity contribution in [2.24, 2.45) is 0 Å². The van der Waals surface area contributed by atoms with Gasteiger partial charge in [0.1, 0.15) is 0 Å². The number of carbonyl (C=O) groups excluding carboxylic acids is 1. The van der Waals surface area contributed by atoms with Crippen LogP contribution >= 0.6 is 0 Å². The summed E-state index contributed by atoms with van der Waals surface area (Å²) >= 11 is 0. The van der Waals surface area contributed by atoms with E-state index in [-0.39, 0.29) is 5.91 Å². The third-order valence-corrected chi connectivity index (χ3v) is 5.05. The Balaban J connectivity index is 1.21. The highest BCUT2D eigenvalue weighted by atomic mass is 16.5. The molecule has 1 aliphatic carbocycles. The van der Waals surface area contributed by atoms with E-state index >= 15 is 0 Å². The summed E-state index contributed by atoms with van der Waals surface area (Å²) in [6.07, 6.45) is 4.00. The largest absolute Gasteiger partial charge is 0.461 e. The third kappa shape index (κ3) is 3.18. The van der Waals surface area contributed by atoms with Crippen LogP contribution < -0.4 is 4.90 Å². The average molecular weight is 365 g/mol. The molecule has 8 heteroatoms. The number of hydrogen-bond acceptors (Lipinski definition) is 7. The molecule has 3 aromatic rings. The van der Waals surface area contributed by atoms with Crippen LogP contribution in [-0.4, -0.2) is 52.3 Å². The monoisotopic (exact) mass is 365 g/mol. The fourth-order valence-electron chi connectivity index (χ4n) is 3.31. The van der Waals surface area contributed by atoms with Crippen molar-refractivity contribution in [3.63, 3.8) is 0 Å². The Morgan fingerprint density at radius 3 is 2.56 bits per heavy atom. The lowest BCUT2D eigenvalue weighted by atomic mass is 10.2. The lowest BCUT2D eigenvalue weighted by Gasteiger charge is -2.34. The van der Waals surface area contributed by atoms with E-state index in [2.05, 4.69) is 26.3 Å². The van der Waals surface area contributed by atoms with E-state index in [1.54, 1.807) is 29.4 Å². The van der Waals surface area contributed by atoms with Crippen molar-refractivity contribution < 1.29 is 13.7 Å². The van der Waals surface area contributed by atoms with Gasteiger partial charge in [-0.05, 0) is 37.1 Å². The molecule has 138 valence electrons. The van der Waals surface area contributed by atoms with Gasteiger partial charge in [-0.25, -0.2) is 0 Å². The molecule has 5 rings (SSSR count). The van der Waals surface area contributed by atoms with Gasteiger partial charge >= 0.3 is 0 Å². The summed E-state index contributed by atoms with van der Waals surface area (Å²) in [4.78, 5) is 16.6. The van der Waals surface area contributed by atoms with Crippen LogP contribution in [-0.2, 0) is 0 Å². The van der Waals surface area contributed by atoms with Crippen molar-refractivity contribution in [1.82, 2.24) is 20.3 Å². The van der Waals surface area contributed by atoms with Gasteiger partial charge in [0.25, 0.3) is 5.91 Å². The molecule has 3 aromatic heterocycles. The van der Waals surface area contributed by atoms with Crippen LogP contribution in [0.5, 0.6) is 0 Å². The second-order valence-electron chi connectivity index (χ2n) is 6.92. The van der Waals surface area contributed by atoms with E-state index in [9.17, 15) is 4.79 Å². The van der Waals surface area contributed by atoms with Gasteiger partial charge in [0, 0.05) is 38.2 Å². The van der Waals surface area contributed by atoms with Gasteiger partial charge in [-0.3, -0.25) is 4.79 Å². The number of rotatable bonds is 4. The maximum atomic E-state index is 12.7. The maximum Gasteiger partial charge on any atom is 0.276 e. The van der Waals surface area contributed by atoms with E-state index < -0.39 is 0 Å². The Bertz CT molecular complexity index is 923. The van der Waals surface area contributed by atoms with E-state index in [0.29, 0.717) is 49.3 Å². The summed E-state index contributed by atoms with van der Waals surface area (Å²) in [7, 11) is 0. The van der Waals surface area contributed by atoms with Gasteiger partial charge in [-0.15, -0.1) is 5.10 Å². The zero-order valence-corrected chi connectivity index (χ0v) is 14.7. The molecule has 0 spiro atoms. The average Bonchev–Trinajstić information content (AvgIpc) is 3.20. The molecule has 1 aliphatic heterocycles. The van der Waals surface area contributed by atoms with Crippen LogP contribution in [0.3, 0.4) is 0 Å². The molecule has 2 fully saturated rings. The first-order valence-corrected chi connectivity index (χ1v) is 9.16. The lowest BCUT2D eigenvalue weighted by Crippen LogP contribution is -2.49. The van der Waals surface area contributed by atoms with Gasteiger partial charge in [0.15, 0.2) is 17.3 Å². The highest BCUT2D eigenvalue weighted by Crippen LogP contribution is 2.38. The normalized spacial score (nSPS) is 17.3. The van der Waals surface area contributed by atoms with Gasteiger partial charge in [-0.2, -0.15) is 5.10 Å². The molecule has 2 aliphatic rings. The Kier molecular flexibility index (Phi) is 3.88. The van der Waals surface area contributed by atoms with Gasteiger partial charge < -0.3 is 18.7 Å². The Morgan fingerprint density at radius 1 is 1.04 bits per heavy atom. The number of amides is 1. The highest BCUT2D eigenvalue weighted by molar-refractivity contribution is 5.93. The first-order valence-electron chi connectivity index (χ1n) is 9.16. The maximum absolute atomic E-state index is 12.7. The van der Waals surface area contributed by atoms with Crippen LogP contribution in [0, 0.1) is 0 Å². The van der Waals surface area contributed by atoms with Crippen molar-refractivity contribution >= 4 is 11.7 Å². The molecule has 0 unspecified atom stereocenters. The lowest BCUT2D eigenvalue weighted by molar-refractivity contribution is 0.0736. The topological polar surface area (TPSA) is 88.5 Å². The first-order chi connectivity index (χ1) is 13.3. The minimum Gasteiger partial charge on any atom is -0.461 e. The van der Waals surface area contributed by atoms with E-state index in [1.807, 2.05) is 6.07 Å². The molecule has 1 saturated carbocycles. The van der Waals surface area contributed by atoms with Crippen molar-refractivity contribution in [1.29, 1.82) is 0 Å². The van der Waals surface area contributed by atoms with E-state index in [1.165, 1.54) is 12.8 Å². The van der Waals surface area contributed by atoms with Crippen LogP contribution in [0.25, 0.3) is 11.5 Å². The predicted octanol–water partition coefficient (Wildman–Crippen LogP) is 2.56. The zero-order chi connectivity index (χ0) is 18.2. The molecule has 0 radical (unpaired) electrons. The molecule has 0 bridgehead atoms. The highest BCUT2D eigenvalue weighted by Gasteiger charge is 2.27. The number of carbonyl (C=O) groups is 1. The zero-order valence-electron chi connectivity index (χ0n) is 14.7. The number of furan rings is 1.